The van der Waals surface area contributed by atoms with Crippen molar-refractivity contribution in [2.45, 2.75) is 38.8 Å². The Labute approximate surface area is 138 Å². The van der Waals surface area contributed by atoms with Crippen LogP contribution in [-0.4, -0.2) is 61.3 Å². The first kappa shape index (κ1) is 16.3. The minimum atomic E-state index is 0.0104. The summed E-state index contributed by atoms with van der Waals surface area (Å²) in [6, 6.07) is 6.56. The molecule has 2 heterocycles. The number of carbonyl (C=O) groups excluding carboxylic acids is 1. The number of nitrogens with zero attached hydrogens (tertiary/aromatic N) is 2. The van der Waals surface area contributed by atoms with Crippen molar-refractivity contribution in [3.63, 3.8) is 0 Å². The van der Waals surface area contributed by atoms with Gasteiger partial charge in [-0.15, -0.1) is 0 Å². The van der Waals surface area contributed by atoms with Crippen LogP contribution in [0.15, 0.2) is 18.2 Å². The van der Waals surface area contributed by atoms with E-state index in [1.54, 1.807) is 7.11 Å². The van der Waals surface area contributed by atoms with Crippen LogP contribution in [0.2, 0.25) is 0 Å². The van der Waals surface area contributed by atoms with E-state index in [0.29, 0.717) is 12.1 Å². The summed E-state index contributed by atoms with van der Waals surface area (Å²) in [6.07, 6.45) is 2.61. The number of likely N-dealkylation sites (tertiary alicyclic amines) is 2. The van der Waals surface area contributed by atoms with E-state index < -0.39 is 0 Å². The number of benzene rings is 1. The van der Waals surface area contributed by atoms with Crippen LogP contribution in [0, 0.1) is 13.8 Å². The molecule has 2 saturated heterocycles. The maximum atomic E-state index is 12.3. The molecule has 3 rings (SSSR count). The smallest absolute Gasteiger partial charge is 0.321 e. The largest absolute Gasteiger partial charge is 0.381 e. The Morgan fingerprint density at radius 1 is 1.17 bits per heavy atom. The second-order valence-electron chi connectivity index (χ2n) is 6.76. The minimum absolute atomic E-state index is 0.0104. The van der Waals surface area contributed by atoms with Crippen LogP contribution in [-0.2, 0) is 4.74 Å². The van der Waals surface area contributed by atoms with Gasteiger partial charge in [0, 0.05) is 45.0 Å². The molecule has 0 unspecified atom stereocenters. The lowest BCUT2D eigenvalue weighted by atomic mass is 10.0. The molecule has 2 amide bonds. The number of methoxy groups -OCH3 is 1. The molecular formula is C18H27N3O2. The normalized spacial score (nSPS) is 20.4. The van der Waals surface area contributed by atoms with Gasteiger partial charge >= 0.3 is 6.03 Å². The summed E-state index contributed by atoms with van der Waals surface area (Å²) in [5.74, 6) is 0. The van der Waals surface area contributed by atoms with Gasteiger partial charge in [-0.05, 0) is 49.9 Å². The lowest BCUT2D eigenvalue weighted by Crippen LogP contribution is -2.63. The monoisotopic (exact) mass is 317 g/mol. The fourth-order valence-corrected chi connectivity index (χ4v) is 3.35. The molecule has 0 aliphatic carbocycles. The Balaban J connectivity index is 1.45. The van der Waals surface area contributed by atoms with Gasteiger partial charge in [-0.3, -0.25) is 4.90 Å². The Morgan fingerprint density at radius 2 is 1.87 bits per heavy atom. The summed E-state index contributed by atoms with van der Waals surface area (Å²) in [4.78, 5) is 16.7. The quantitative estimate of drug-likeness (QED) is 0.932. The Bertz CT molecular complexity index is 561. The number of amides is 2. The Morgan fingerprint density at radius 3 is 2.48 bits per heavy atom. The summed E-state index contributed by atoms with van der Waals surface area (Å²) in [5.41, 5.74) is 3.32. The van der Waals surface area contributed by atoms with Crippen molar-refractivity contribution in [2.75, 3.05) is 38.6 Å². The number of urea groups is 1. The molecule has 1 aromatic rings. The Kier molecular flexibility index (Phi) is 4.87. The van der Waals surface area contributed by atoms with Gasteiger partial charge in [-0.2, -0.15) is 0 Å². The number of ether oxygens (including phenoxy) is 1. The summed E-state index contributed by atoms with van der Waals surface area (Å²) in [7, 11) is 1.79. The molecule has 1 N–H and O–H groups in total. The summed E-state index contributed by atoms with van der Waals surface area (Å²) in [5, 5.41) is 3.00. The highest BCUT2D eigenvalue weighted by Crippen LogP contribution is 2.22. The first-order chi connectivity index (χ1) is 11.1. The molecule has 5 heteroatoms. The number of carbonyl (C=O) groups is 1. The third-order valence-corrected chi connectivity index (χ3v) is 5.23. The Hall–Kier alpha value is -1.59. The van der Waals surface area contributed by atoms with Crippen molar-refractivity contribution in [1.29, 1.82) is 0 Å². The van der Waals surface area contributed by atoms with Crippen LogP contribution >= 0.6 is 0 Å². The predicted molar refractivity (Wildman–Crippen MR) is 91.9 cm³/mol. The number of rotatable bonds is 3. The van der Waals surface area contributed by atoms with Crippen LogP contribution in [0.4, 0.5) is 10.5 Å². The molecule has 126 valence electrons. The average molecular weight is 317 g/mol. The molecule has 1 aromatic carbocycles. The fourth-order valence-electron chi connectivity index (χ4n) is 3.35. The van der Waals surface area contributed by atoms with Crippen molar-refractivity contribution in [3.8, 4) is 0 Å². The highest BCUT2D eigenvalue weighted by molar-refractivity contribution is 5.90. The fraction of sp³-hybridized carbons (Fsp3) is 0.611. The molecule has 2 aliphatic rings. The zero-order valence-corrected chi connectivity index (χ0v) is 14.3. The van der Waals surface area contributed by atoms with Crippen LogP contribution in [0.3, 0.4) is 0 Å². The average Bonchev–Trinajstić information content (AvgIpc) is 2.50. The van der Waals surface area contributed by atoms with E-state index in [1.807, 2.05) is 23.1 Å². The van der Waals surface area contributed by atoms with Crippen LogP contribution in [0.5, 0.6) is 0 Å². The first-order valence-electron chi connectivity index (χ1n) is 8.47. The standard InChI is InChI=1S/C18H27N3O2/c1-13-4-5-15(10-14(13)2)19-18(22)21-11-16(12-21)20-8-6-17(23-3)7-9-20/h4-5,10,16-17H,6-9,11-12H2,1-3H3,(H,19,22). The second-order valence-corrected chi connectivity index (χ2v) is 6.76. The van der Waals surface area contributed by atoms with Crippen molar-refractivity contribution < 1.29 is 9.53 Å². The van der Waals surface area contributed by atoms with Gasteiger partial charge < -0.3 is 15.0 Å². The lowest BCUT2D eigenvalue weighted by molar-refractivity contribution is -0.00369. The van der Waals surface area contributed by atoms with Crippen molar-refractivity contribution in [2.24, 2.45) is 0 Å². The second kappa shape index (κ2) is 6.89. The van der Waals surface area contributed by atoms with Gasteiger partial charge in [-0.1, -0.05) is 6.07 Å². The SMILES string of the molecule is COC1CCN(C2CN(C(=O)Nc3ccc(C)c(C)c3)C2)CC1. The summed E-state index contributed by atoms with van der Waals surface area (Å²) >= 11 is 0. The van der Waals surface area contributed by atoms with Gasteiger partial charge in [0.2, 0.25) is 0 Å². The van der Waals surface area contributed by atoms with Gasteiger partial charge in [-0.25, -0.2) is 4.79 Å². The van der Waals surface area contributed by atoms with Gasteiger partial charge in [0.05, 0.1) is 6.10 Å². The number of aryl methyl sites for hydroxylation is 2. The van der Waals surface area contributed by atoms with Gasteiger partial charge in [0.15, 0.2) is 0 Å². The van der Waals surface area contributed by atoms with Crippen molar-refractivity contribution >= 4 is 11.7 Å². The molecule has 2 fully saturated rings. The molecule has 0 spiro atoms. The summed E-state index contributed by atoms with van der Waals surface area (Å²) < 4.78 is 5.41. The predicted octanol–water partition coefficient (Wildman–Crippen LogP) is 2.63. The van der Waals surface area contributed by atoms with E-state index in [0.717, 1.165) is 44.7 Å². The van der Waals surface area contributed by atoms with E-state index in [2.05, 4.69) is 24.1 Å². The van der Waals surface area contributed by atoms with Crippen molar-refractivity contribution in [1.82, 2.24) is 9.80 Å². The van der Waals surface area contributed by atoms with Gasteiger partial charge in [0.1, 0.15) is 0 Å². The third kappa shape index (κ3) is 3.67. The summed E-state index contributed by atoms with van der Waals surface area (Å²) in [6.45, 7) is 7.95. The van der Waals surface area contributed by atoms with Crippen LogP contribution < -0.4 is 5.32 Å². The first-order valence-corrected chi connectivity index (χ1v) is 8.47. The van der Waals surface area contributed by atoms with Gasteiger partial charge in [0.25, 0.3) is 0 Å². The molecule has 0 aromatic heterocycles. The molecule has 0 radical (unpaired) electrons. The highest BCUT2D eigenvalue weighted by Gasteiger charge is 2.36. The molecule has 5 nitrogen and oxygen atoms in total. The maximum Gasteiger partial charge on any atom is 0.321 e. The van der Waals surface area contributed by atoms with Crippen LogP contribution in [0.1, 0.15) is 24.0 Å². The number of anilines is 1. The number of hydrogen-bond donors (Lipinski definition) is 1. The van der Waals surface area contributed by atoms with Crippen LogP contribution in [0.25, 0.3) is 0 Å². The van der Waals surface area contributed by atoms with E-state index in [1.165, 1.54) is 11.1 Å². The number of hydrogen-bond acceptors (Lipinski definition) is 3. The molecule has 0 saturated carbocycles. The van der Waals surface area contributed by atoms with E-state index in [-0.39, 0.29) is 6.03 Å². The molecule has 0 bridgehead atoms. The number of nitrogens with one attached hydrogen (secondary N) is 1. The molecule has 23 heavy (non-hydrogen) atoms. The zero-order chi connectivity index (χ0) is 16.4. The molecular weight excluding hydrogens is 290 g/mol. The van der Waals surface area contributed by atoms with E-state index in [4.69, 9.17) is 4.74 Å². The maximum absolute atomic E-state index is 12.3. The van der Waals surface area contributed by atoms with Crippen molar-refractivity contribution in [3.05, 3.63) is 29.3 Å². The topological polar surface area (TPSA) is 44.8 Å². The zero-order valence-electron chi connectivity index (χ0n) is 14.3. The molecule has 0 atom stereocenters. The third-order valence-electron chi connectivity index (χ3n) is 5.23. The highest BCUT2D eigenvalue weighted by atomic mass is 16.5. The van der Waals surface area contributed by atoms with E-state index >= 15 is 0 Å². The molecule has 2 aliphatic heterocycles. The minimum Gasteiger partial charge on any atom is -0.381 e. The van der Waals surface area contributed by atoms with E-state index in [9.17, 15) is 4.79 Å². The number of piperidine rings is 1. The lowest BCUT2D eigenvalue weighted by Gasteiger charge is -2.47.